The van der Waals surface area contributed by atoms with Gasteiger partial charge >= 0.3 is 0 Å². The molecule has 16 heavy (non-hydrogen) atoms. The van der Waals surface area contributed by atoms with Crippen molar-refractivity contribution in [1.82, 2.24) is 15.1 Å². The first-order chi connectivity index (χ1) is 7.66. The minimum Gasteiger partial charge on any atom is -0.341 e. The van der Waals surface area contributed by atoms with E-state index in [4.69, 9.17) is 0 Å². The third-order valence-corrected chi connectivity index (χ3v) is 3.67. The van der Waals surface area contributed by atoms with Gasteiger partial charge in [-0.05, 0) is 39.8 Å². The summed E-state index contributed by atoms with van der Waals surface area (Å²) in [6, 6.07) is 0.473. The Bertz CT molecular complexity index is 251. The third-order valence-electron chi connectivity index (χ3n) is 3.67. The Morgan fingerprint density at radius 2 is 2.00 bits per heavy atom. The number of amides is 1. The summed E-state index contributed by atoms with van der Waals surface area (Å²) in [5, 5.41) is 3.45. The average Bonchev–Trinajstić information content (AvgIpc) is 2.88. The number of likely N-dealkylation sites (tertiary alicyclic amines) is 2. The number of carbonyl (C=O) groups is 1. The van der Waals surface area contributed by atoms with Gasteiger partial charge < -0.3 is 15.1 Å². The number of carbonyl (C=O) groups excluding carboxylic acids is 1. The highest BCUT2D eigenvalue weighted by Crippen LogP contribution is 2.11. The third kappa shape index (κ3) is 2.74. The molecular weight excluding hydrogens is 202 g/mol. The van der Waals surface area contributed by atoms with Crippen LogP contribution in [0.3, 0.4) is 0 Å². The summed E-state index contributed by atoms with van der Waals surface area (Å²) in [7, 11) is 2.13. The molecule has 0 radical (unpaired) electrons. The second kappa shape index (κ2) is 5.15. The van der Waals surface area contributed by atoms with E-state index in [1.165, 1.54) is 12.8 Å². The summed E-state index contributed by atoms with van der Waals surface area (Å²) in [5.74, 6) is 0.284. The van der Waals surface area contributed by atoms with E-state index in [1.54, 1.807) is 0 Å². The van der Waals surface area contributed by atoms with E-state index in [0.29, 0.717) is 6.04 Å². The summed E-state index contributed by atoms with van der Waals surface area (Å²) in [6.45, 7) is 6.11. The van der Waals surface area contributed by atoms with Crippen molar-refractivity contribution >= 4 is 5.91 Å². The van der Waals surface area contributed by atoms with Crippen LogP contribution >= 0.6 is 0 Å². The maximum Gasteiger partial charge on any atom is 0.239 e. The zero-order chi connectivity index (χ0) is 11.5. The fraction of sp³-hybridized carbons (Fsp3) is 0.917. The second-order valence-electron chi connectivity index (χ2n) is 5.17. The van der Waals surface area contributed by atoms with Crippen molar-refractivity contribution in [3.63, 3.8) is 0 Å². The number of likely N-dealkylation sites (N-methyl/N-ethyl adjacent to an activating group) is 1. The molecule has 0 aromatic rings. The minimum absolute atomic E-state index is 0.0189. The molecule has 2 atom stereocenters. The first-order valence-corrected chi connectivity index (χ1v) is 6.40. The SMILES string of the molecule is CC(NC1CCN(C)C1)C(=O)N1CCCC1. The molecule has 2 fully saturated rings. The molecule has 2 aliphatic rings. The van der Waals surface area contributed by atoms with E-state index in [9.17, 15) is 4.79 Å². The molecule has 2 aliphatic heterocycles. The van der Waals surface area contributed by atoms with Crippen LogP contribution in [-0.2, 0) is 4.79 Å². The fourth-order valence-electron chi connectivity index (χ4n) is 2.71. The Kier molecular flexibility index (Phi) is 3.82. The molecule has 2 heterocycles. The predicted octanol–water partition coefficient (Wildman–Crippen LogP) is 0.291. The highest BCUT2D eigenvalue weighted by Gasteiger charge is 2.27. The van der Waals surface area contributed by atoms with Crippen molar-refractivity contribution < 1.29 is 4.79 Å². The highest BCUT2D eigenvalue weighted by atomic mass is 16.2. The number of nitrogens with zero attached hydrogens (tertiary/aromatic N) is 2. The molecule has 0 aliphatic carbocycles. The molecule has 1 amide bonds. The zero-order valence-corrected chi connectivity index (χ0v) is 10.4. The van der Waals surface area contributed by atoms with Gasteiger partial charge in [-0.15, -0.1) is 0 Å². The molecule has 0 aromatic heterocycles. The Morgan fingerprint density at radius 1 is 1.31 bits per heavy atom. The van der Waals surface area contributed by atoms with Crippen LogP contribution < -0.4 is 5.32 Å². The summed E-state index contributed by atoms with van der Waals surface area (Å²) in [6.07, 6.45) is 3.50. The predicted molar refractivity (Wildman–Crippen MR) is 64.3 cm³/mol. The van der Waals surface area contributed by atoms with Gasteiger partial charge in [0.2, 0.25) is 5.91 Å². The lowest BCUT2D eigenvalue weighted by atomic mass is 10.2. The van der Waals surface area contributed by atoms with Crippen molar-refractivity contribution in [1.29, 1.82) is 0 Å². The van der Waals surface area contributed by atoms with E-state index in [-0.39, 0.29) is 11.9 Å². The van der Waals surface area contributed by atoms with E-state index < -0.39 is 0 Å². The van der Waals surface area contributed by atoms with Crippen LogP contribution in [0.5, 0.6) is 0 Å². The molecule has 4 nitrogen and oxygen atoms in total. The number of hydrogen-bond acceptors (Lipinski definition) is 3. The van der Waals surface area contributed by atoms with Gasteiger partial charge in [-0.25, -0.2) is 0 Å². The maximum absolute atomic E-state index is 12.1. The molecule has 0 spiro atoms. The van der Waals surface area contributed by atoms with Crippen molar-refractivity contribution in [3.8, 4) is 0 Å². The molecule has 0 aromatic carbocycles. The van der Waals surface area contributed by atoms with Crippen molar-refractivity contribution in [2.75, 3.05) is 33.2 Å². The van der Waals surface area contributed by atoms with E-state index >= 15 is 0 Å². The monoisotopic (exact) mass is 225 g/mol. The van der Waals surface area contributed by atoms with Gasteiger partial charge in [-0.2, -0.15) is 0 Å². The van der Waals surface area contributed by atoms with Crippen molar-refractivity contribution in [2.24, 2.45) is 0 Å². The highest BCUT2D eigenvalue weighted by molar-refractivity contribution is 5.81. The summed E-state index contributed by atoms with van der Waals surface area (Å²) in [5.41, 5.74) is 0. The molecular formula is C12H23N3O. The van der Waals surface area contributed by atoms with Gasteiger partial charge in [0.25, 0.3) is 0 Å². The first-order valence-electron chi connectivity index (χ1n) is 6.40. The molecule has 2 rings (SSSR count). The van der Waals surface area contributed by atoms with E-state index in [2.05, 4.69) is 17.3 Å². The zero-order valence-electron chi connectivity index (χ0n) is 10.4. The molecule has 1 N–H and O–H groups in total. The smallest absolute Gasteiger partial charge is 0.239 e. The van der Waals surface area contributed by atoms with Crippen molar-refractivity contribution in [3.05, 3.63) is 0 Å². The first kappa shape index (κ1) is 11.9. The quantitative estimate of drug-likeness (QED) is 0.750. The van der Waals surface area contributed by atoms with Crippen LogP contribution in [0.4, 0.5) is 0 Å². The Hall–Kier alpha value is -0.610. The van der Waals surface area contributed by atoms with Crippen molar-refractivity contribution in [2.45, 2.75) is 38.3 Å². The Balaban J connectivity index is 1.78. The normalized spacial score (nSPS) is 28.6. The summed E-state index contributed by atoms with van der Waals surface area (Å²) < 4.78 is 0. The fourth-order valence-corrected chi connectivity index (χ4v) is 2.71. The summed E-state index contributed by atoms with van der Waals surface area (Å²) in [4.78, 5) is 16.4. The lowest BCUT2D eigenvalue weighted by Crippen LogP contribution is -2.48. The van der Waals surface area contributed by atoms with Gasteiger partial charge in [-0.3, -0.25) is 4.79 Å². The number of hydrogen-bond donors (Lipinski definition) is 1. The number of nitrogens with one attached hydrogen (secondary N) is 1. The van der Waals surface area contributed by atoms with Crippen LogP contribution in [0.25, 0.3) is 0 Å². The molecule has 2 unspecified atom stereocenters. The van der Waals surface area contributed by atoms with Gasteiger partial charge in [0, 0.05) is 25.7 Å². The lowest BCUT2D eigenvalue weighted by Gasteiger charge is -2.23. The molecule has 0 bridgehead atoms. The van der Waals surface area contributed by atoms with E-state index in [0.717, 1.165) is 32.6 Å². The standard InChI is InChI=1S/C12H23N3O/c1-10(12(16)15-6-3-4-7-15)13-11-5-8-14(2)9-11/h10-11,13H,3-9H2,1-2H3. The Labute approximate surface area is 98.0 Å². The second-order valence-corrected chi connectivity index (χ2v) is 5.17. The topological polar surface area (TPSA) is 35.6 Å². The lowest BCUT2D eigenvalue weighted by molar-refractivity contribution is -0.132. The maximum atomic E-state index is 12.1. The average molecular weight is 225 g/mol. The molecule has 4 heteroatoms. The largest absolute Gasteiger partial charge is 0.341 e. The van der Waals surface area contributed by atoms with Crippen LogP contribution in [0.2, 0.25) is 0 Å². The van der Waals surface area contributed by atoms with Crippen LogP contribution in [0.1, 0.15) is 26.2 Å². The molecule has 2 saturated heterocycles. The van der Waals surface area contributed by atoms with Crippen LogP contribution in [0, 0.1) is 0 Å². The Morgan fingerprint density at radius 3 is 2.56 bits per heavy atom. The molecule has 92 valence electrons. The van der Waals surface area contributed by atoms with E-state index in [1.807, 2.05) is 11.8 Å². The van der Waals surface area contributed by atoms with Crippen LogP contribution in [-0.4, -0.2) is 61.0 Å². The van der Waals surface area contributed by atoms with Gasteiger partial charge in [-0.1, -0.05) is 0 Å². The molecule has 0 saturated carbocycles. The number of rotatable bonds is 3. The summed E-state index contributed by atoms with van der Waals surface area (Å²) >= 11 is 0. The van der Waals surface area contributed by atoms with Gasteiger partial charge in [0.15, 0.2) is 0 Å². The minimum atomic E-state index is -0.0189. The van der Waals surface area contributed by atoms with Crippen LogP contribution in [0.15, 0.2) is 0 Å². The van der Waals surface area contributed by atoms with Gasteiger partial charge in [0.05, 0.1) is 6.04 Å². The van der Waals surface area contributed by atoms with Gasteiger partial charge in [0.1, 0.15) is 0 Å².